The lowest BCUT2D eigenvalue weighted by atomic mass is 10.9. The van der Waals surface area contributed by atoms with Gasteiger partial charge in [-0.3, -0.25) is 0 Å². The molecule has 3 nitrogen and oxygen atoms in total. The quantitative estimate of drug-likeness (QED) is 0.515. The highest BCUT2D eigenvalue weighted by Gasteiger charge is 1.82. The molecule has 0 aromatic carbocycles. The van der Waals surface area contributed by atoms with E-state index in [4.69, 9.17) is 5.11 Å². The second-order valence-electron chi connectivity index (χ2n) is 0.694. The van der Waals surface area contributed by atoms with E-state index >= 15 is 0 Å². The van der Waals surface area contributed by atoms with Gasteiger partial charge in [0.15, 0.2) is 0 Å². The Bertz CT molecular complexity index is 76.8. The van der Waals surface area contributed by atoms with Crippen LogP contribution >= 0.6 is 19.8 Å². The predicted molar refractivity (Wildman–Crippen MR) is 27.3 cm³/mol. The fraction of sp³-hybridized carbons (Fsp3) is 1.00. The van der Waals surface area contributed by atoms with Crippen molar-refractivity contribution >= 4 is 19.8 Å². The molecule has 0 aliphatic carbocycles. The molecule has 38 valence electrons. The zero-order valence-corrected chi connectivity index (χ0v) is 5.21. The van der Waals surface area contributed by atoms with Crippen molar-refractivity contribution in [3.63, 3.8) is 0 Å². The summed E-state index contributed by atoms with van der Waals surface area (Å²) in [7, 11) is 0. The van der Waals surface area contributed by atoms with E-state index in [-0.39, 0.29) is 11.0 Å². The number of alkyl halides is 1. The normalized spacial score (nSPS) is 9.67. The zero-order chi connectivity index (χ0) is 4.99. The third-order valence-corrected chi connectivity index (χ3v) is 1.60. The fourth-order valence-electron chi connectivity index (χ4n) is 0.0690. The van der Waals surface area contributed by atoms with Crippen molar-refractivity contribution in [3.8, 4) is 0 Å². The number of rotatable bonds is 2. The van der Waals surface area contributed by atoms with Crippen LogP contribution < -0.4 is 0 Å². The Labute approximate surface area is 42.5 Å². The number of aliphatic hydroxyl groups is 1. The Balaban J connectivity index is 3.07. The highest BCUT2D eigenvalue weighted by Crippen LogP contribution is 1.98. The van der Waals surface area contributed by atoms with Crippen LogP contribution in [0.3, 0.4) is 0 Å². The lowest BCUT2D eigenvalue weighted by Crippen LogP contribution is -1.78. The molecule has 0 atom stereocenters. The molecule has 0 fully saturated rings. The van der Waals surface area contributed by atoms with Crippen molar-refractivity contribution in [3.05, 3.63) is 0 Å². The fourth-order valence-corrected chi connectivity index (χ4v) is 0.463. The first-order valence-electron chi connectivity index (χ1n) is 1.39. The summed E-state index contributed by atoms with van der Waals surface area (Å²) in [6.07, 6.45) is 0. The van der Waals surface area contributed by atoms with Crippen molar-refractivity contribution in [2.75, 3.05) is 11.0 Å². The lowest BCUT2D eigenvalue weighted by Gasteiger charge is -1.69. The van der Waals surface area contributed by atoms with Crippen LogP contribution in [0.1, 0.15) is 0 Å². The molecule has 0 amide bonds. The summed E-state index contributed by atoms with van der Waals surface area (Å²) in [6, 6.07) is 0. The number of hydrogen-bond donors (Lipinski definition) is 1. The third-order valence-electron chi connectivity index (χ3n) is 0.239. The van der Waals surface area contributed by atoms with E-state index in [2.05, 4.69) is 0 Å². The Morgan fingerprint density at radius 3 is 2.00 bits per heavy atom. The molecule has 1 N–H and O–H groups in total. The molecule has 4 heteroatoms. The third kappa shape index (κ3) is 4.29. The van der Waals surface area contributed by atoms with Crippen molar-refractivity contribution in [1.29, 1.82) is 0 Å². The molecule has 0 aromatic heterocycles. The van der Waals surface area contributed by atoms with Gasteiger partial charge in [-0.25, -0.2) is 6.14 Å². The molecular weight excluding hydrogens is 199 g/mol. The van der Waals surface area contributed by atoms with Crippen LogP contribution in [-0.2, 0) is 6.14 Å². The molecule has 0 rings (SSSR count). The largest absolute Gasteiger partial charge is 0.395 e. The smallest absolute Gasteiger partial charge is 0.309 e. The van der Waals surface area contributed by atoms with Crippen LogP contribution in [0, 0.1) is 0 Å². The van der Waals surface area contributed by atoms with E-state index in [1.165, 1.54) is 0 Å². The Hall–Kier alpha value is 0.290. The van der Waals surface area contributed by atoms with Gasteiger partial charge in [0.1, 0.15) is 0 Å². The monoisotopic (exact) mass is 204 g/mol. The summed E-state index contributed by atoms with van der Waals surface area (Å²) in [5, 5.41) is 7.88. The summed E-state index contributed by atoms with van der Waals surface area (Å²) < 4.78 is 19.1. The van der Waals surface area contributed by atoms with Gasteiger partial charge in [-0.05, 0) is 0 Å². The minimum Gasteiger partial charge on any atom is -0.395 e. The van der Waals surface area contributed by atoms with Gasteiger partial charge >= 0.3 is 19.8 Å². The van der Waals surface area contributed by atoms with E-state index < -0.39 is 19.8 Å². The first-order chi connectivity index (χ1) is 2.77. The summed E-state index contributed by atoms with van der Waals surface area (Å²) >= 11 is -3.06. The van der Waals surface area contributed by atoms with Crippen LogP contribution in [0.15, 0.2) is 0 Å². The summed E-state index contributed by atoms with van der Waals surface area (Å²) in [6.45, 7) is -0.224. The average molecular weight is 204 g/mol. The van der Waals surface area contributed by atoms with Gasteiger partial charge in [-0.2, -0.15) is 0 Å². The van der Waals surface area contributed by atoms with Crippen LogP contribution in [0.2, 0.25) is 0 Å². The predicted octanol–water partition coefficient (Wildman–Crippen LogP) is 0.176. The number of hydrogen-bond acceptors (Lipinski definition) is 3. The van der Waals surface area contributed by atoms with E-state index in [1.807, 2.05) is 0 Å². The first-order valence-corrected chi connectivity index (χ1v) is 4.68. The molecule has 0 unspecified atom stereocenters. The maximum atomic E-state index is 9.57. The van der Waals surface area contributed by atoms with Gasteiger partial charge in [0, 0.05) is 0 Å². The Morgan fingerprint density at radius 1 is 1.50 bits per heavy atom. The van der Waals surface area contributed by atoms with Crippen LogP contribution in [0.4, 0.5) is 0 Å². The van der Waals surface area contributed by atoms with Crippen LogP contribution in [-0.4, -0.2) is 16.1 Å². The van der Waals surface area contributed by atoms with E-state index in [9.17, 15) is 6.14 Å². The van der Waals surface area contributed by atoms with Crippen molar-refractivity contribution in [1.82, 2.24) is 0 Å². The SMILES string of the molecule is O=I(=O)CCO. The average Bonchev–Trinajstić information content (AvgIpc) is 1.35. The van der Waals surface area contributed by atoms with Crippen LogP contribution in [0.5, 0.6) is 0 Å². The molecule has 0 aliphatic heterocycles. The van der Waals surface area contributed by atoms with Crippen molar-refractivity contribution in [2.45, 2.75) is 0 Å². The van der Waals surface area contributed by atoms with Crippen LogP contribution in [0.25, 0.3) is 0 Å². The molecule has 0 spiro atoms. The molecular formula is C2H5IO3. The van der Waals surface area contributed by atoms with Gasteiger partial charge in [0.25, 0.3) is 0 Å². The van der Waals surface area contributed by atoms with E-state index in [0.29, 0.717) is 0 Å². The molecule has 0 saturated carbocycles. The first kappa shape index (κ1) is 6.29. The van der Waals surface area contributed by atoms with E-state index in [0.717, 1.165) is 0 Å². The molecule has 0 saturated heterocycles. The van der Waals surface area contributed by atoms with Gasteiger partial charge < -0.3 is 5.11 Å². The summed E-state index contributed by atoms with van der Waals surface area (Å²) in [5.41, 5.74) is 0. The molecule has 0 aliphatic rings. The standard InChI is InChI=1S/C2H5IO3/c4-2-1-3(5)6/h4H,1-2H2. The highest BCUT2D eigenvalue weighted by molar-refractivity contribution is 14.2. The Kier molecular flexibility index (Phi) is 3.65. The minimum absolute atomic E-state index is 0.0239. The second kappa shape index (κ2) is 3.48. The molecule has 0 aromatic rings. The Morgan fingerprint density at radius 2 is 2.00 bits per heavy atom. The molecule has 0 radical (unpaired) electrons. The molecule has 0 heterocycles. The summed E-state index contributed by atoms with van der Waals surface area (Å²) in [5.74, 6) is 0. The number of halogens is 1. The topological polar surface area (TPSA) is 54.4 Å². The second-order valence-corrected chi connectivity index (χ2v) is 3.38. The van der Waals surface area contributed by atoms with Crippen molar-refractivity contribution in [2.24, 2.45) is 0 Å². The molecule has 0 bridgehead atoms. The summed E-state index contributed by atoms with van der Waals surface area (Å²) in [4.78, 5) is 0. The molecule has 6 heavy (non-hydrogen) atoms. The lowest BCUT2D eigenvalue weighted by molar-refractivity contribution is 0.324. The zero-order valence-electron chi connectivity index (χ0n) is 3.06. The maximum Gasteiger partial charge on any atom is 0.309 e. The van der Waals surface area contributed by atoms with E-state index in [1.54, 1.807) is 0 Å². The maximum absolute atomic E-state index is 9.57. The van der Waals surface area contributed by atoms with Gasteiger partial charge in [-0.15, -0.1) is 0 Å². The van der Waals surface area contributed by atoms with Crippen molar-refractivity contribution < 1.29 is 11.2 Å². The number of aliphatic hydroxyl groups excluding tert-OH is 1. The minimum atomic E-state index is -3.06. The van der Waals surface area contributed by atoms with Gasteiger partial charge in [0.2, 0.25) is 0 Å². The van der Waals surface area contributed by atoms with Gasteiger partial charge in [-0.1, -0.05) is 0 Å². The highest BCUT2D eigenvalue weighted by atomic mass is 127. The van der Waals surface area contributed by atoms with Gasteiger partial charge in [0.05, 0.1) is 11.0 Å².